The number of hydrogen-bond donors (Lipinski definition) is 0. The third-order valence-electron chi connectivity index (χ3n) is 2.34. The number of carbonyl (C=O) groups is 2. The van der Waals surface area contributed by atoms with Gasteiger partial charge in [-0.2, -0.15) is 0 Å². The zero-order chi connectivity index (χ0) is 11.7. The van der Waals surface area contributed by atoms with Gasteiger partial charge in [-0.1, -0.05) is 22.4 Å². The Morgan fingerprint density at radius 2 is 2.00 bits per heavy atom. The van der Waals surface area contributed by atoms with E-state index in [1.54, 1.807) is 20.8 Å². The third kappa shape index (κ3) is 3.03. The first-order chi connectivity index (χ1) is 6.76. The normalized spacial score (nSPS) is 27.6. The molecule has 1 atom stereocenters. The molecule has 15 heavy (non-hydrogen) atoms. The minimum Gasteiger partial charge on any atom is -0.459 e. The SMILES string of the molecule is CC(C)(C)OC(=O)[C@]1(Br)CCCCC1=O. The fourth-order valence-corrected chi connectivity index (χ4v) is 2.13. The minimum absolute atomic E-state index is 0.0528. The van der Waals surface area contributed by atoms with Crippen LogP contribution in [0.1, 0.15) is 46.5 Å². The van der Waals surface area contributed by atoms with Crippen molar-refractivity contribution in [3.63, 3.8) is 0 Å². The summed E-state index contributed by atoms with van der Waals surface area (Å²) in [6.07, 6.45) is 2.76. The Hall–Kier alpha value is -0.380. The van der Waals surface area contributed by atoms with Gasteiger partial charge in [-0.05, 0) is 33.6 Å². The van der Waals surface area contributed by atoms with Gasteiger partial charge in [-0.15, -0.1) is 0 Å². The van der Waals surface area contributed by atoms with Gasteiger partial charge in [0.15, 0.2) is 10.1 Å². The number of Topliss-reactive ketones (excluding diaryl/α,β-unsaturated/α-hetero) is 1. The van der Waals surface area contributed by atoms with Crippen molar-refractivity contribution >= 4 is 27.7 Å². The Morgan fingerprint density at radius 3 is 2.47 bits per heavy atom. The lowest BCUT2D eigenvalue weighted by Gasteiger charge is -2.31. The van der Waals surface area contributed by atoms with Gasteiger partial charge in [0.2, 0.25) is 0 Å². The quantitative estimate of drug-likeness (QED) is 0.420. The highest BCUT2D eigenvalue weighted by atomic mass is 79.9. The second kappa shape index (κ2) is 4.24. The van der Waals surface area contributed by atoms with Crippen LogP contribution >= 0.6 is 15.9 Å². The molecule has 0 amide bonds. The number of carbonyl (C=O) groups excluding carboxylic acids is 2. The van der Waals surface area contributed by atoms with E-state index in [1.807, 2.05) is 0 Å². The molecule has 1 rings (SSSR count). The standard InChI is InChI=1S/C11H17BrO3/c1-10(2,3)15-9(14)11(12)7-5-4-6-8(11)13/h4-7H2,1-3H3/t11-/m0/s1. The van der Waals surface area contributed by atoms with Crippen molar-refractivity contribution in [1.29, 1.82) is 0 Å². The second-order valence-electron chi connectivity index (χ2n) is 4.93. The highest BCUT2D eigenvalue weighted by Gasteiger charge is 2.46. The average Bonchev–Trinajstić information content (AvgIpc) is 2.07. The third-order valence-corrected chi connectivity index (χ3v) is 3.50. The Morgan fingerprint density at radius 1 is 1.40 bits per heavy atom. The lowest BCUT2D eigenvalue weighted by molar-refractivity contribution is -0.160. The summed E-state index contributed by atoms with van der Waals surface area (Å²) in [5, 5.41) is 0. The lowest BCUT2D eigenvalue weighted by Crippen LogP contribution is -2.46. The van der Waals surface area contributed by atoms with Crippen molar-refractivity contribution in [3.05, 3.63) is 0 Å². The summed E-state index contributed by atoms with van der Waals surface area (Å²) < 4.78 is 4.16. The van der Waals surface area contributed by atoms with Gasteiger partial charge >= 0.3 is 5.97 Å². The smallest absolute Gasteiger partial charge is 0.331 e. The summed E-state index contributed by atoms with van der Waals surface area (Å²) in [5.74, 6) is -0.497. The zero-order valence-corrected chi connectivity index (χ0v) is 11.0. The Kier molecular flexibility index (Phi) is 3.59. The van der Waals surface area contributed by atoms with Crippen molar-refractivity contribution in [3.8, 4) is 0 Å². The van der Waals surface area contributed by atoms with E-state index in [0.29, 0.717) is 12.8 Å². The summed E-state index contributed by atoms with van der Waals surface area (Å²) in [6.45, 7) is 5.40. The van der Waals surface area contributed by atoms with Gasteiger partial charge in [-0.25, -0.2) is 0 Å². The fourth-order valence-electron chi connectivity index (χ4n) is 1.57. The zero-order valence-electron chi connectivity index (χ0n) is 9.43. The van der Waals surface area contributed by atoms with Crippen LogP contribution in [0.5, 0.6) is 0 Å². The minimum atomic E-state index is -1.08. The molecule has 3 nitrogen and oxygen atoms in total. The molecule has 0 aliphatic heterocycles. The van der Waals surface area contributed by atoms with E-state index in [2.05, 4.69) is 15.9 Å². The molecule has 0 bridgehead atoms. The fraction of sp³-hybridized carbons (Fsp3) is 0.818. The van der Waals surface area contributed by atoms with Crippen molar-refractivity contribution in [2.75, 3.05) is 0 Å². The highest BCUT2D eigenvalue weighted by molar-refractivity contribution is 9.10. The molecular weight excluding hydrogens is 260 g/mol. The number of alkyl halides is 1. The molecule has 0 aromatic carbocycles. The van der Waals surface area contributed by atoms with Crippen LogP contribution in [0.3, 0.4) is 0 Å². The number of ketones is 1. The van der Waals surface area contributed by atoms with Crippen LogP contribution in [0.2, 0.25) is 0 Å². The largest absolute Gasteiger partial charge is 0.459 e. The molecule has 86 valence electrons. The average molecular weight is 277 g/mol. The van der Waals surface area contributed by atoms with Crippen LogP contribution < -0.4 is 0 Å². The van der Waals surface area contributed by atoms with Crippen molar-refractivity contribution < 1.29 is 14.3 Å². The molecular formula is C11H17BrO3. The molecule has 0 saturated heterocycles. The van der Waals surface area contributed by atoms with E-state index >= 15 is 0 Å². The van der Waals surface area contributed by atoms with E-state index in [0.717, 1.165) is 12.8 Å². The molecule has 0 heterocycles. The molecule has 0 aromatic heterocycles. The first-order valence-corrected chi connectivity index (χ1v) is 6.01. The maximum absolute atomic E-state index is 11.9. The van der Waals surface area contributed by atoms with Crippen LogP contribution in [-0.4, -0.2) is 21.7 Å². The lowest BCUT2D eigenvalue weighted by atomic mass is 9.87. The summed E-state index contributed by atoms with van der Waals surface area (Å²) in [6, 6.07) is 0. The molecule has 1 aliphatic carbocycles. The van der Waals surface area contributed by atoms with Crippen molar-refractivity contribution in [1.82, 2.24) is 0 Å². The van der Waals surface area contributed by atoms with E-state index in [1.165, 1.54) is 0 Å². The monoisotopic (exact) mass is 276 g/mol. The van der Waals surface area contributed by atoms with Gasteiger partial charge in [0.05, 0.1) is 0 Å². The van der Waals surface area contributed by atoms with Gasteiger partial charge in [0.25, 0.3) is 0 Å². The van der Waals surface area contributed by atoms with Crippen LogP contribution in [0.4, 0.5) is 0 Å². The van der Waals surface area contributed by atoms with Crippen LogP contribution in [0.15, 0.2) is 0 Å². The molecule has 0 aromatic rings. The van der Waals surface area contributed by atoms with E-state index < -0.39 is 15.9 Å². The Labute approximate surface area is 98.7 Å². The predicted molar refractivity (Wildman–Crippen MR) is 61.0 cm³/mol. The first kappa shape index (κ1) is 12.7. The summed E-state index contributed by atoms with van der Waals surface area (Å²) in [5.41, 5.74) is -0.546. The molecule has 1 aliphatic rings. The maximum atomic E-state index is 11.9. The number of esters is 1. The Balaban J connectivity index is 2.76. The van der Waals surface area contributed by atoms with Gasteiger partial charge in [-0.3, -0.25) is 9.59 Å². The number of halogens is 1. The van der Waals surface area contributed by atoms with Gasteiger partial charge in [0.1, 0.15) is 5.60 Å². The molecule has 1 fully saturated rings. The molecule has 0 N–H and O–H groups in total. The maximum Gasteiger partial charge on any atom is 0.331 e. The predicted octanol–water partition coefficient (Wildman–Crippen LogP) is 2.60. The highest BCUT2D eigenvalue weighted by Crippen LogP contribution is 2.35. The summed E-state index contributed by atoms with van der Waals surface area (Å²) in [4.78, 5) is 23.6. The van der Waals surface area contributed by atoms with Crippen molar-refractivity contribution in [2.24, 2.45) is 0 Å². The second-order valence-corrected chi connectivity index (χ2v) is 6.29. The van der Waals surface area contributed by atoms with Gasteiger partial charge < -0.3 is 4.74 Å². The van der Waals surface area contributed by atoms with Crippen LogP contribution in [-0.2, 0) is 14.3 Å². The number of rotatable bonds is 1. The summed E-state index contributed by atoms with van der Waals surface area (Å²) in [7, 11) is 0. The molecule has 0 radical (unpaired) electrons. The van der Waals surface area contributed by atoms with Gasteiger partial charge in [0, 0.05) is 6.42 Å². The number of hydrogen-bond acceptors (Lipinski definition) is 3. The molecule has 0 spiro atoms. The molecule has 0 unspecified atom stereocenters. The topological polar surface area (TPSA) is 43.4 Å². The first-order valence-electron chi connectivity index (χ1n) is 5.21. The summed E-state index contributed by atoms with van der Waals surface area (Å²) >= 11 is 3.26. The molecule has 4 heteroatoms. The van der Waals surface area contributed by atoms with Crippen LogP contribution in [0.25, 0.3) is 0 Å². The van der Waals surface area contributed by atoms with E-state index in [4.69, 9.17) is 4.74 Å². The molecule has 1 saturated carbocycles. The van der Waals surface area contributed by atoms with E-state index in [-0.39, 0.29) is 5.78 Å². The van der Waals surface area contributed by atoms with Crippen LogP contribution in [0, 0.1) is 0 Å². The number of ether oxygens (including phenoxy) is 1. The Bertz CT molecular complexity index is 280. The van der Waals surface area contributed by atoms with E-state index in [9.17, 15) is 9.59 Å². The van der Waals surface area contributed by atoms with Crippen molar-refractivity contribution in [2.45, 2.75) is 56.4 Å².